The lowest BCUT2D eigenvalue weighted by atomic mass is 10.1. The summed E-state index contributed by atoms with van der Waals surface area (Å²) in [6.07, 6.45) is 1.76. The van der Waals surface area contributed by atoms with E-state index in [2.05, 4.69) is 10.3 Å². The molecule has 2 aromatic carbocycles. The first kappa shape index (κ1) is 13.3. The van der Waals surface area contributed by atoms with Crippen LogP contribution in [0.1, 0.15) is 10.4 Å². The summed E-state index contributed by atoms with van der Waals surface area (Å²) in [6, 6.07) is 14.6. The first-order valence-electron chi connectivity index (χ1n) is 6.40. The second kappa shape index (κ2) is 5.76. The Kier molecular flexibility index (Phi) is 3.66. The van der Waals surface area contributed by atoms with Crippen molar-refractivity contribution in [3.05, 3.63) is 65.7 Å². The predicted molar refractivity (Wildman–Crippen MR) is 86.4 cm³/mol. The molecule has 0 unspecified atom stereocenters. The second-order valence-corrected chi connectivity index (χ2v) is 5.35. The van der Waals surface area contributed by atoms with Crippen molar-refractivity contribution in [2.75, 3.05) is 11.1 Å². The first-order chi connectivity index (χ1) is 10.2. The predicted octanol–water partition coefficient (Wildman–Crippen LogP) is 3.64. The van der Waals surface area contributed by atoms with Gasteiger partial charge in [-0.05, 0) is 24.3 Å². The Hall–Kier alpha value is -2.66. The molecule has 1 aromatic heterocycles. The fourth-order valence-electron chi connectivity index (χ4n) is 2.00. The van der Waals surface area contributed by atoms with Crippen LogP contribution in [-0.4, -0.2) is 10.9 Å². The van der Waals surface area contributed by atoms with Crippen LogP contribution in [0.15, 0.2) is 60.1 Å². The topological polar surface area (TPSA) is 68.0 Å². The minimum Gasteiger partial charge on any atom is -0.398 e. The smallest absolute Gasteiger partial charge is 0.257 e. The summed E-state index contributed by atoms with van der Waals surface area (Å²) in [5, 5.41) is 5.70. The van der Waals surface area contributed by atoms with Crippen molar-refractivity contribution in [2.24, 2.45) is 0 Å². The van der Waals surface area contributed by atoms with Gasteiger partial charge in [-0.15, -0.1) is 11.3 Å². The molecule has 104 valence electrons. The molecule has 3 aromatic rings. The SMILES string of the molecule is Nc1ccccc1C(=O)Nc1cccc(-c2nccs2)c1. The van der Waals surface area contributed by atoms with Gasteiger partial charge in [-0.25, -0.2) is 4.98 Å². The molecule has 5 heteroatoms. The molecule has 1 heterocycles. The lowest BCUT2D eigenvalue weighted by Gasteiger charge is -2.08. The van der Waals surface area contributed by atoms with Gasteiger partial charge in [0, 0.05) is 28.5 Å². The summed E-state index contributed by atoms with van der Waals surface area (Å²) in [6.45, 7) is 0. The Balaban J connectivity index is 1.84. The van der Waals surface area contributed by atoms with Crippen LogP contribution in [0.3, 0.4) is 0 Å². The highest BCUT2D eigenvalue weighted by molar-refractivity contribution is 7.13. The molecule has 0 fully saturated rings. The number of para-hydroxylation sites is 1. The maximum absolute atomic E-state index is 12.2. The number of nitrogens with two attached hydrogens (primary N) is 1. The van der Waals surface area contributed by atoms with Gasteiger partial charge in [0.05, 0.1) is 5.56 Å². The Morgan fingerprint density at radius 2 is 2.00 bits per heavy atom. The summed E-state index contributed by atoms with van der Waals surface area (Å²) in [5.74, 6) is -0.218. The molecule has 0 atom stereocenters. The molecule has 0 radical (unpaired) electrons. The van der Waals surface area contributed by atoms with Gasteiger partial charge in [-0.3, -0.25) is 4.79 Å². The van der Waals surface area contributed by atoms with Crippen LogP contribution in [0, 0.1) is 0 Å². The number of hydrogen-bond acceptors (Lipinski definition) is 4. The zero-order valence-corrected chi connectivity index (χ0v) is 11.9. The van der Waals surface area contributed by atoms with Crippen molar-refractivity contribution >= 4 is 28.6 Å². The van der Waals surface area contributed by atoms with Gasteiger partial charge in [0.1, 0.15) is 5.01 Å². The average Bonchev–Trinajstić information content (AvgIpc) is 3.02. The molecule has 0 saturated carbocycles. The summed E-state index contributed by atoms with van der Waals surface area (Å²) < 4.78 is 0. The number of nitrogens with zero attached hydrogens (tertiary/aromatic N) is 1. The summed E-state index contributed by atoms with van der Waals surface area (Å²) in [7, 11) is 0. The average molecular weight is 295 g/mol. The highest BCUT2D eigenvalue weighted by atomic mass is 32.1. The first-order valence-corrected chi connectivity index (χ1v) is 7.28. The van der Waals surface area contributed by atoms with Gasteiger partial charge in [-0.1, -0.05) is 24.3 Å². The van der Waals surface area contributed by atoms with Crippen LogP contribution in [0.2, 0.25) is 0 Å². The monoisotopic (exact) mass is 295 g/mol. The maximum Gasteiger partial charge on any atom is 0.257 e. The van der Waals surface area contributed by atoms with E-state index in [-0.39, 0.29) is 5.91 Å². The van der Waals surface area contributed by atoms with Crippen molar-refractivity contribution in [3.63, 3.8) is 0 Å². The molecule has 4 nitrogen and oxygen atoms in total. The van der Waals surface area contributed by atoms with Gasteiger partial charge in [0.2, 0.25) is 0 Å². The van der Waals surface area contributed by atoms with Crippen LogP contribution < -0.4 is 11.1 Å². The van der Waals surface area contributed by atoms with E-state index in [1.54, 1.807) is 41.8 Å². The lowest BCUT2D eigenvalue weighted by molar-refractivity contribution is 0.102. The van der Waals surface area contributed by atoms with Crippen molar-refractivity contribution in [1.29, 1.82) is 0 Å². The van der Waals surface area contributed by atoms with Gasteiger partial charge < -0.3 is 11.1 Å². The highest BCUT2D eigenvalue weighted by Crippen LogP contribution is 2.24. The van der Waals surface area contributed by atoms with Gasteiger partial charge in [0.15, 0.2) is 0 Å². The van der Waals surface area contributed by atoms with E-state index < -0.39 is 0 Å². The number of aromatic nitrogens is 1. The molecule has 3 N–H and O–H groups in total. The zero-order valence-electron chi connectivity index (χ0n) is 11.1. The van der Waals surface area contributed by atoms with Crippen molar-refractivity contribution in [2.45, 2.75) is 0 Å². The number of hydrogen-bond donors (Lipinski definition) is 2. The quantitative estimate of drug-likeness (QED) is 0.725. The number of rotatable bonds is 3. The summed E-state index contributed by atoms with van der Waals surface area (Å²) in [4.78, 5) is 16.5. The Bertz CT molecular complexity index is 769. The fraction of sp³-hybridized carbons (Fsp3) is 0. The Morgan fingerprint density at radius 3 is 2.76 bits per heavy atom. The van der Waals surface area contributed by atoms with E-state index in [1.807, 2.05) is 29.6 Å². The molecule has 0 bridgehead atoms. The van der Waals surface area contributed by atoms with E-state index in [4.69, 9.17) is 5.73 Å². The number of anilines is 2. The molecule has 0 aliphatic heterocycles. The van der Waals surface area contributed by atoms with E-state index in [0.29, 0.717) is 11.3 Å². The lowest BCUT2D eigenvalue weighted by Crippen LogP contribution is -2.13. The van der Waals surface area contributed by atoms with Crippen molar-refractivity contribution in [1.82, 2.24) is 4.98 Å². The van der Waals surface area contributed by atoms with Crippen LogP contribution in [0.5, 0.6) is 0 Å². The van der Waals surface area contributed by atoms with E-state index in [9.17, 15) is 4.79 Å². The molecular formula is C16H13N3OS. The molecule has 1 amide bonds. The summed E-state index contributed by atoms with van der Waals surface area (Å²) in [5.41, 5.74) is 8.44. The number of benzene rings is 2. The third kappa shape index (κ3) is 2.93. The minimum atomic E-state index is -0.218. The number of amides is 1. The summed E-state index contributed by atoms with van der Waals surface area (Å²) >= 11 is 1.56. The molecule has 0 aliphatic rings. The molecule has 3 rings (SSSR count). The van der Waals surface area contributed by atoms with Crippen LogP contribution >= 0.6 is 11.3 Å². The highest BCUT2D eigenvalue weighted by Gasteiger charge is 2.10. The van der Waals surface area contributed by atoms with Gasteiger partial charge in [0.25, 0.3) is 5.91 Å². The fourth-order valence-corrected chi connectivity index (χ4v) is 2.63. The minimum absolute atomic E-state index is 0.218. The molecule has 0 saturated heterocycles. The maximum atomic E-state index is 12.2. The van der Waals surface area contributed by atoms with Crippen LogP contribution in [0.4, 0.5) is 11.4 Å². The molecule has 0 aliphatic carbocycles. The Labute approximate surface area is 126 Å². The largest absolute Gasteiger partial charge is 0.398 e. The number of nitrogen functional groups attached to an aromatic ring is 1. The number of carbonyl (C=O) groups excluding carboxylic acids is 1. The third-order valence-corrected chi connectivity index (χ3v) is 3.83. The number of carbonyl (C=O) groups is 1. The van der Waals surface area contributed by atoms with Gasteiger partial charge in [-0.2, -0.15) is 0 Å². The van der Waals surface area contributed by atoms with E-state index in [0.717, 1.165) is 16.3 Å². The number of thiazole rings is 1. The third-order valence-electron chi connectivity index (χ3n) is 3.01. The van der Waals surface area contributed by atoms with Gasteiger partial charge >= 0.3 is 0 Å². The molecule has 0 spiro atoms. The van der Waals surface area contributed by atoms with Crippen LogP contribution in [-0.2, 0) is 0 Å². The standard InChI is InChI=1S/C16H13N3OS/c17-14-7-2-1-6-13(14)15(20)19-12-5-3-4-11(10-12)16-18-8-9-21-16/h1-10H,17H2,(H,19,20). The van der Waals surface area contributed by atoms with Crippen molar-refractivity contribution in [3.8, 4) is 10.6 Å². The Morgan fingerprint density at radius 1 is 1.14 bits per heavy atom. The second-order valence-electron chi connectivity index (χ2n) is 4.46. The molecule has 21 heavy (non-hydrogen) atoms. The van der Waals surface area contributed by atoms with Crippen molar-refractivity contribution < 1.29 is 4.79 Å². The molecular weight excluding hydrogens is 282 g/mol. The zero-order chi connectivity index (χ0) is 14.7. The number of nitrogens with one attached hydrogen (secondary N) is 1. The van der Waals surface area contributed by atoms with Crippen LogP contribution in [0.25, 0.3) is 10.6 Å². The van der Waals surface area contributed by atoms with E-state index >= 15 is 0 Å². The normalized spacial score (nSPS) is 10.3. The van der Waals surface area contributed by atoms with E-state index in [1.165, 1.54) is 0 Å².